The maximum atomic E-state index is 8.99. The Labute approximate surface area is 166 Å². The summed E-state index contributed by atoms with van der Waals surface area (Å²) in [7, 11) is 4.08. The Morgan fingerprint density at radius 2 is 1.81 bits per heavy atom. The first-order valence-electron chi connectivity index (χ1n) is 8.98. The third-order valence-corrected chi connectivity index (χ3v) is 4.98. The molecule has 1 aliphatic rings. The van der Waals surface area contributed by atoms with Gasteiger partial charge < -0.3 is 14.7 Å². The van der Waals surface area contributed by atoms with Crippen molar-refractivity contribution in [3.63, 3.8) is 0 Å². The fourth-order valence-corrected chi connectivity index (χ4v) is 3.56. The topological polar surface area (TPSA) is 38.5 Å². The number of likely N-dealkylation sites (N-methyl/N-ethyl adjacent to an activating group) is 1. The molecule has 2 rings (SSSR count). The monoisotopic (exact) mass is 382 g/mol. The van der Waals surface area contributed by atoms with Crippen LogP contribution in [0.4, 0.5) is 5.69 Å². The lowest BCUT2D eigenvalue weighted by molar-refractivity contribution is -0.467. The van der Waals surface area contributed by atoms with E-state index in [9.17, 15) is 0 Å². The fraction of sp³-hybridized carbons (Fsp3) is 0.227. The van der Waals surface area contributed by atoms with Gasteiger partial charge in [0.1, 0.15) is 12.2 Å². The van der Waals surface area contributed by atoms with Crippen molar-refractivity contribution in [2.75, 3.05) is 25.5 Å². The second-order valence-corrected chi connectivity index (χ2v) is 6.91. The predicted octanol–water partition coefficient (Wildman–Crippen LogP) is 4.86. The van der Waals surface area contributed by atoms with Crippen LogP contribution in [0.5, 0.6) is 0 Å². The first kappa shape index (κ1) is 20.6. The van der Waals surface area contributed by atoms with Crippen molar-refractivity contribution in [2.45, 2.75) is 13.8 Å². The van der Waals surface area contributed by atoms with Gasteiger partial charge in [-0.1, -0.05) is 36.4 Å². The molecule has 27 heavy (non-hydrogen) atoms. The average molecular weight is 383 g/mol. The van der Waals surface area contributed by atoms with Crippen LogP contribution in [-0.2, 0) is 0 Å². The lowest BCUT2D eigenvalue weighted by atomic mass is 10.2. The number of nitrogens with zero attached hydrogens (tertiary/aromatic N) is 2. The molecule has 0 aromatic heterocycles. The van der Waals surface area contributed by atoms with Gasteiger partial charge in [-0.2, -0.15) is 4.58 Å². The predicted molar refractivity (Wildman–Crippen MR) is 119 cm³/mol. The number of anilines is 1. The third-order valence-electron chi connectivity index (χ3n) is 4.09. The van der Waals surface area contributed by atoms with E-state index in [0.717, 1.165) is 29.2 Å². The number of rotatable bonds is 6. The molecule has 0 saturated carbocycles. The largest absolute Gasteiger partial charge is 0.516 e. The summed E-state index contributed by atoms with van der Waals surface area (Å²) in [5.74, 6) is 0. The van der Waals surface area contributed by atoms with Crippen LogP contribution < -0.4 is 9.62 Å². The van der Waals surface area contributed by atoms with Gasteiger partial charge in [-0.15, -0.1) is 0 Å². The molecule has 1 aliphatic heterocycles. The third kappa shape index (κ3) is 5.66. The summed E-state index contributed by atoms with van der Waals surface area (Å²) < 4.78 is 5.57. The number of aliphatic hydroxyl groups is 1. The first-order chi connectivity index (χ1) is 13.1. The van der Waals surface area contributed by atoms with Crippen molar-refractivity contribution in [3.8, 4) is 0 Å². The zero-order chi connectivity index (χ0) is 19.6. The minimum Gasteiger partial charge on any atom is -0.516 e. The van der Waals surface area contributed by atoms with E-state index in [1.807, 2.05) is 45.3 Å². The Hall–Kier alpha value is -2.66. The van der Waals surface area contributed by atoms with Crippen molar-refractivity contribution in [1.82, 2.24) is 4.72 Å². The van der Waals surface area contributed by atoms with Crippen LogP contribution in [0.15, 0.2) is 78.4 Å². The molecule has 1 aromatic carbocycles. The van der Waals surface area contributed by atoms with Gasteiger partial charge in [0, 0.05) is 31.9 Å². The van der Waals surface area contributed by atoms with Crippen LogP contribution in [0.3, 0.4) is 0 Å². The summed E-state index contributed by atoms with van der Waals surface area (Å²) in [5, 5.41) is 10.1. The molecule has 5 heteroatoms. The summed E-state index contributed by atoms with van der Waals surface area (Å²) in [5.41, 5.74) is 4.43. The Balaban J connectivity index is 2.19. The van der Waals surface area contributed by atoms with Gasteiger partial charge in [0.05, 0.1) is 18.2 Å². The lowest BCUT2D eigenvalue weighted by Crippen LogP contribution is -2.29. The summed E-state index contributed by atoms with van der Waals surface area (Å²) in [4.78, 5) is 2.09. The summed E-state index contributed by atoms with van der Waals surface area (Å²) in [6, 6.07) is 8.45. The van der Waals surface area contributed by atoms with Crippen LogP contribution in [-0.4, -0.2) is 35.4 Å². The number of hydrogen-bond acceptors (Lipinski definition) is 4. The SMILES string of the molecule is C/C=C1NSC(/C=C/C=C/c2ccc(N(C)C)cc2)=[N+](CC)C/1=C/C=C/O. The van der Waals surface area contributed by atoms with Crippen LogP contribution in [0.25, 0.3) is 6.08 Å². The van der Waals surface area contributed by atoms with E-state index in [0.29, 0.717) is 0 Å². The first-order valence-corrected chi connectivity index (χ1v) is 9.79. The van der Waals surface area contributed by atoms with Gasteiger partial charge in [-0.05, 0) is 37.6 Å². The van der Waals surface area contributed by atoms with Crippen molar-refractivity contribution in [2.24, 2.45) is 0 Å². The highest BCUT2D eigenvalue weighted by Crippen LogP contribution is 2.21. The van der Waals surface area contributed by atoms with Crippen molar-refractivity contribution < 1.29 is 9.68 Å². The number of aliphatic hydroxyl groups excluding tert-OH is 1. The molecule has 2 N–H and O–H groups in total. The van der Waals surface area contributed by atoms with Crippen molar-refractivity contribution in [3.05, 3.63) is 83.9 Å². The smallest absolute Gasteiger partial charge is 0.261 e. The Kier molecular flexibility index (Phi) is 8.01. The maximum absolute atomic E-state index is 8.99. The van der Waals surface area contributed by atoms with Gasteiger partial charge in [0.2, 0.25) is 5.70 Å². The van der Waals surface area contributed by atoms with Gasteiger partial charge in [0.15, 0.2) is 0 Å². The molecular weight excluding hydrogens is 354 g/mol. The lowest BCUT2D eigenvalue weighted by Gasteiger charge is -2.17. The van der Waals surface area contributed by atoms with Crippen LogP contribution >= 0.6 is 11.9 Å². The van der Waals surface area contributed by atoms with Crippen molar-refractivity contribution in [1.29, 1.82) is 0 Å². The number of hydrogen-bond donors (Lipinski definition) is 2. The van der Waals surface area contributed by atoms with E-state index in [4.69, 9.17) is 5.11 Å². The minimum absolute atomic E-state index is 0.840. The molecule has 1 aromatic rings. The highest BCUT2D eigenvalue weighted by molar-refractivity contribution is 8.12. The summed E-state index contributed by atoms with van der Waals surface area (Å²) >= 11 is 1.59. The van der Waals surface area contributed by atoms with E-state index >= 15 is 0 Å². The van der Waals surface area contributed by atoms with Gasteiger partial charge in [-0.25, -0.2) is 0 Å². The molecule has 1 heterocycles. The van der Waals surface area contributed by atoms with Crippen LogP contribution in [0, 0.1) is 0 Å². The molecule has 142 valence electrons. The Morgan fingerprint density at radius 3 is 2.41 bits per heavy atom. The molecular formula is C22H28N3OS+. The Bertz CT molecular complexity index is 812. The molecule has 0 atom stereocenters. The van der Waals surface area contributed by atoms with E-state index in [-0.39, 0.29) is 0 Å². The van der Waals surface area contributed by atoms with E-state index < -0.39 is 0 Å². The molecule has 0 unspecified atom stereocenters. The molecule has 0 radical (unpaired) electrons. The number of allylic oxidation sites excluding steroid dienone is 5. The van der Waals surface area contributed by atoms with Crippen molar-refractivity contribution >= 4 is 28.8 Å². The molecule has 0 amide bonds. The summed E-state index contributed by atoms with van der Waals surface area (Å²) in [6.45, 7) is 4.95. The number of nitrogens with one attached hydrogen (secondary N) is 1. The molecule has 0 spiro atoms. The maximum Gasteiger partial charge on any atom is 0.261 e. The van der Waals surface area contributed by atoms with Crippen LogP contribution in [0.1, 0.15) is 19.4 Å². The highest BCUT2D eigenvalue weighted by Gasteiger charge is 2.26. The second kappa shape index (κ2) is 10.5. The van der Waals surface area contributed by atoms with E-state index in [1.54, 1.807) is 18.0 Å². The normalized spacial score (nSPS) is 18.4. The zero-order valence-electron chi connectivity index (χ0n) is 16.4. The summed E-state index contributed by atoms with van der Waals surface area (Å²) in [6.07, 6.45) is 14.9. The van der Waals surface area contributed by atoms with E-state index in [1.165, 1.54) is 11.3 Å². The van der Waals surface area contributed by atoms with E-state index in [2.05, 4.69) is 57.5 Å². The molecule has 0 fully saturated rings. The molecule has 0 aliphatic carbocycles. The fourth-order valence-electron chi connectivity index (χ4n) is 2.64. The molecule has 0 saturated heterocycles. The van der Waals surface area contributed by atoms with Crippen LogP contribution in [0.2, 0.25) is 0 Å². The average Bonchev–Trinajstić information content (AvgIpc) is 2.69. The van der Waals surface area contributed by atoms with Gasteiger partial charge in [0.25, 0.3) is 5.04 Å². The van der Waals surface area contributed by atoms with Gasteiger partial charge in [-0.3, -0.25) is 0 Å². The standard InChI is InChI=1S/C22H27N3OS/c1-5-20-21(11-9-17-26)25(6-2)22(27-23-20)12-8-7-10-18-13-15-19(16-14-18)24(3)4/h5,7-17,23H,6H2,1-4H3/p+1/b17-9+,20-5+,21-11+. The zero-order valence-corrected chi connectivity index (χ0v) is 17.2. The minimum atomic E-state index is 0.840. The van der Waals surface area contributed by atoms with Gasteiger partial charge >= 0.3 is 0 Å². The highest BCUT2D eigenvalue weighted by atomic mass is 32.2. The molecule has 4 nitrogen and oxygen atoms in total. The quantitative estimate of drug-likeness (QED) is 0.319. The second-order valence-electron chi connectivity index (χ2n) is 6.09. The molecule has 0 bridgehead atoms. The number of benzene rings is 1. The Morgan fingerprint density at radius 1 is 1.11 bits per heavy atom.